The molecule has 32 heavy (non-hydrogen) atoms. The molecule has 0 saturated carbocycles. The molecule has 1 aromatic carbocycles. The van der Waals surface area contributed by atoms with Gasteiger partial charge >= 0.3 is 6.18 Å². The zero-order valence-electron chi connectivity index (χ0n) is 16.4. The fourth-order valence-corrected chi connectivity index (χ4v) is 3.10. The molecule has 0 aliphatic carbocycles. The monoisotopic (exact) mass is 468 g/mol. The fourth-order valence-electron chi connectivity index (χ4n) is 2.97. The SMILES string of the molecule is O=C(NCc1nc(C(F)(F)F)no1)c1cnc(OC2CCOC2)c(-c2ccc(Cl)cc2)c1. The number of ether oxygens (including phenoxy) is 2. The number of carbonyl (C=O) groups excluding carboxylic acids is 1. The second kappa shape index (κ2) is 9.13. The third-order valence-corrected chi connectivity index (χ3v) is 4.81. The quantitative estimate of drug-likeness (QED) is 0.585. The first-order valence-corrected chi connectivity index (χ1v) is 9.86. The van der Waals surface area contributed by atoms with Crippen LogP contribution in [0.4, 0.5) is 13.2 Å². The Bertz CT molecular complexity index is 1100. The summed E-state index contributed by atoms with van der Waals surface area (Å²) in [6.07, 6.45) is -2.86. The average Bonchev–Trinajstić information content (AvgIpc) is 3.45. The fraction of sp³-hybridized carbons (Fsp3) is 0.300. The topological polar surface area (TPSA) is 99.4 Å². The van der Waals surface area contributed by atoms with Gasteiger partial charge in [0.15, 0.2) is 0 Å². The van der Waals surface area contributed by atoms with Gasteiger partial charge in [0.2, 0.25) is 11.8 Å². The number of hydrogen-bond acceptors (Lipinski definition) is 7. The Labute approximate surface area is 184 Å². The molecule has 4 rings (SSSR count). The van der Waals surface area contributed by atoms with E-state index in [2.05, 4.69) is 25.0 Å². The largest absolute Gasteiger partial charge is 0.471 e. The molecule has 12 heteroatoms. The molecular weight excluding hydrogens is 453 g/mol. The molecule has 0 radical (unpaired) electrons. The van der Waals surface area contributed by atoms with E-state index in [0.29, 0.717) is 36.1 Å². The van der Waals surface area contributed by atoms with Gasteiger partial charge in [-0.2, -0.15) is 18.2 Å². The number of alkyl halides is 3. The highest BCUT2D eigenvalue weighted by Crippen LogP contribution is 2.31. The summed E-state index contributed by atoms with van der Waals surface area (Å²) in [6.45, 7) is 0.650. The molecule has 168 valence electrons. The van der Waals surface area contributed by atoms with Gasteiger partial charge in [-0.15, -0.1) is 0 Å². The van der Waals surface area contributed by atoms with E-state index < -0.39 is 17.9 Å². The zero-order chi connectivity index (χ0) is 22.7. The Morgan fingerprint density at radius 1 is 1.28 bits per heavy atom. The van der Waals surface area contributed by atoms with Crippen molar-refractivity contribution in [3.8, 4) is 17.0 Å². The van der Waals surface area contributed by atoms with Crippen molar-refractivity contribution in [1.29, 1.82) is 0 Å². The summed E-state index contributed by atoms with van der Waals surface area (Å²) in [5.41, 5.74) is 1.44. The minimum absolute atomic E-state index is 0.159. The highest BCUT2D eigenvalue weighted by molar-refractivity contribution is 6.30. The summed E-state index contributed by atoms with van der Waals surface area (Å²) in [7, 11) is 0. The van der Waals surface area contributed by atoms with E-state index in [1.54, 1.807) is 30.3 Å². The summed E-state index contributed by atoms with van der Waals surface area (Å²) in [6, 6.07) is 8.48. The normalized spacial score (nSPS) is 16.2. The van der Waals surface area contributed by atoms with Gasteiger partial charge in [-0.1, -0.05) is 28.9 Å². The lowest BCUT2D eigenvalue weighted by atomic mass is 10.0. The molecule has 1 saturated heterocycles. The van der Waals surface area contributed by atoms with Gasteiger partial charge in [-0.25, -0.2) is 4.98 Å². The first kappa shape index (κ1) is 22.0. The van der Waals surface area contributed by atoms with Gasteiger partial charge in [0.05, 0.1) is 25.3 Å². The molecule has 1 unspecified atom stereocenters. The molecule has 3 aromatic rings. The molecule has 1 N–H and O–H groups in total. The van der Waals surface area contributed by atoms with Crippen LogP contribution in [0, 0.1) is 0 Å². The van der Waals surface area contributed by atoms with Crippen molar-refractivity contribution in [2.75, 3.05) is 13.2 Å². The summed E-state index contributed by atoms with van der Waals surface area (Å²) < 4.78 is 53.5. The molecule has 2 aromatic heterocycles. The third kappa shape index (κ3) is 5.17. The van der Waals surface area contributed by atoms with Crippen molar-refractivity contribution in [1.82, 2.24) is 20.4 Å². The van der Waals surface area contributed by atoms with Crippen molar-refractivity contribution in [3.63, 3.8) is 0 Å². The lowest BCUT2D eigenvalue weighted by Crippen LogP contribution is -2.23. The molecular formula is C20H16ClF3N4O4. The van der Waals surface area contributed by atoms with Crippen molar-refractivity contribution < 1.29 is 32.0 Å². The number of carbonyl (C=O) groups is 1. The Balaban J connectivity index is 1.54. The summed E-state index contributed by atoms with van der Waals surface area (Å²) in [4.78, 5) is 20.1. The van der Waals surface area contributed by atoms with Crippen LogP contribution in [0.3, 0.4) is 0 Å². The van der Waals surface area contributed by atoms with Crippen molar-refractivity contribution >= 4 is 17.5 Å². The van der Waals surface area contributed by atoms with Crippen molar-refractivity contribution in [3.05, 3.63) is 58.8 Å². The first-order valence-electron chi connectivity index (χ1n) is 9.48. The highest BCUT2D eigenvalue weighted by atomic mass is 35.5. The van der Waals surface area contributed by atoms with Crippen LogP contribution in [0.5, 0.6) is 5.88 Å². The third-order valence-electron chi connectivity index (χ3n) is 4.56. The number of rotatable bonds is 6. The second-order valence-electron chi connectivity index (χ2n) is 6.88. The van der Waals surface area contributed by atoms with E-state index in [1.165, 1.54) is 6.20 Å². The van der Waals surface area contributed by atoms with Crippen LogP contribution in [-0.4, -0.2) is 40.3 Å². The van der Waals surface area contributed by atoms with E-state index in [1.807, 2.05) is 0 Å². The van der Waals surface area contributed by atoms with Crippen molar-refractivity contribution in [2.24, 2.45) is 0 Å². The number of amides is 1. The van der Waals surface area contributed by atoms with Crippen LogP contribution in [0.15, 0.2) is 41.1 Å². The van der Waals surface area contributed by atoms with Crippen LogP contribution >= 0.6 is 11.6 Å². The maximum absolute atomic E-state index is 12.6. The lowest BCUT2D eigenvalue weighted by Gasteiger charge is -2.15. The molecule has 0 bridgehead atoms. The van der Waals surface area contributed by atoms with Crippen LogP contribution in [0.2, 0.25) is 5.02 Å². The molecule has 0 spiro atoms. The molecule has 1 aliphatic heterocycles. The molecule has 1 amide bonds. The number of hydrogen-bond donors (Lipinski definition) is 1. The van der Waals surface area contributed by atoms with Crippen LogP contribution in [0.1, 0.15) is 28.5 Å². The predicted molar refractivity (Wildman–Crippen MR) is 105 cm³/mol. The number of nitrogens with zero attached hydrogens (tertiary/aromatic N) is 3. The van der Waals surface area contributed by atoms with E-state index in [-0.39, 0.29) is 24.1 Å². The Morgan fingerprint density at radius 3 is 2.72 bits per heavy atom. The minimum Gasteiger partial charge on any atom is -0.471 e. The van der Waals surface area contributed by atoms with Gasteiger partial charge in [0.1, 0.15) is 6.10 Å². The van der Waals surface area contributed by atoms with Gasteiger partial charge in [-0.3, -0.25) is 4.79 Å². The number of benzene rings is 1. The Hall–Kier alpha value is -3.18. The van der Waals surface area contributed by atoms with Crippen LogP contribution in [0.25, 0.3) is 11.1 Å². The maximum atomic E-state index is 12.6. The van der Waals surface area contributed by atoms with Gasteiger partial charge < -0.3 is 19.3 Å². The highest BCUT2D eigenvalue weighted by Gasteiger charge is 2.37. The Morgan fingerprint density at radius 2 is 2.06 bits per heavy atom. The van der Waals surface area contributed by atoms with E-state index in [0.717, 1.165) is 5.56 Å². The zero-order valence-corrected chi connectivity index (χ0v) is 17.1. The predicted octanol–water partition coefficient (Wildman–Crippen LogP) is 3.90. The van der Waals surface area contributed by atoms with Gasteiger partial charge in [0.25, 0.3) is 11.7 Å². The second-order valence-corrected chi connectivity index (χ2v) is 7.32. The summed E-state index contributed by atoms with van der Waals surface area (Å²) in [5, 5.41) is 5.82. The standard InChI is InChI=1S/C20H16ClF3N4O4/c21-13-3-1-11(2-4-13)15-7-12(8-26-18(15)31-14-5-6-30-10-14)17(29)25-9-16-27-19(28-32-16)20(22,23)24/h1-4,7-8,14H,5-6,9-10H2,(H,25,29). The van der Waals surface area contributed by atoms with Crippen LogP contribution < -0.4 is 10.1 Å². The number of nitrogens with one attached hydrogen (secondary N) is 1. The minimum atomic E-state index is -4.73. The molecule has 8 nitrogen and oxygen atoms in total. The van der Waals surface area contributed by atoms with E-state index in [9.17, 15) is 18.0 Å². The summed E-state index contributed by atoms with van der Waals surface area (Å²) >= 11 is 5.97. The molecule has 1 aliphatic rings. The molecule has 3 heterocycles. The van der Waals surface area contributed by atoms with Crippen LogP contribution in [-0.2, 0) is 17.5 Å². The molecule has 1 atom stereocenters. The number of halogens is 4. The van der Waals surface area contributed by atoms with Crippen molar-refractivity contribution in [2.45, 2.75) is 25.2 Å². The lowest BCUT2D eigenvalue weighted by molar-refractivity contribution is -0.146. The number of aromatic nitrogens is 3. The van der Waals surface area contributed by atoms with E-state index in [4.69, 9.17) is 21.1 Å². The van der Waals surface area contributed by atoms with Gasteiger partial charge in [0, 0.05) is 23.2 Å². The smallest absolute Gasteiger partial charge is 0.455 e. The van der Waals surface area contributed by atoms with E-state index >= 15 is 0 Å². The molecule has 1 fully saturated rings. The maximum Gasteiger partial charge on any atom is 0.455 e. The average molecular weight is 469 g/mol. The first-order chi connectivity index (χ1) is 15.3. The number of pyridine rings is 1. The Kier molecular flexibility index (Phi) is 6.28. The van der Waals surface area contributed by atoms with Gasteiger partial charge in [-0.05, 0) is 23.8 Å². The summed E-state index contributed by atoms with van der Waals surface area (Å²) in [5.74, 6) is -2.05.